The molecule has 6 heteroatoms. The minimum Gasteiger partial charge on any atom is -0.408 e. The van der Waals surface area contributed by atoms with Crippen LogP contribution in [0.2, 0.25) is 0 Å². The summed E-state index contributed by atoms with van der Waals surface area (Å²) in [4.78, 5) is 23.2. The van der Waals surface area contributed by atoms with Crippen LogP contribution in [0.1, 0.15) is 31.2 Å². The van der Waals surface area contributed by atoms with Crippen molar-refractivity contribution in [2.75, 3.05) is 0 Å². The third-order valence-corrected chi connectivity index (χ3v) is 4.00. The van der Waals surface area contributed by atoms with Gasteiger partial charge in [0, 0.05) is 19.6 Å². The van der Waals surface area contributed by atoms with E-state index in [4.69, 9.17) is 4.42 Å². The molecular formula is C15H19N3O3. The average Bonchev–Trinajstić information content (AvgIpc) is 3.07. The van der Waals surface area contributed by atoms with Crippen molar-refractivity contribution in [3.8, 4) is 0 Å². The van der Waals surface area contributed by atoms with E-state index in [1.807, 2.05) is 12.1 Å². The van der Waals surface area contributed by atoms with E-state index in [2.05, 4.69) is 10.6 Å². The number of fused-ring (bicyclic) bond motifs is 1. The number of urea groups is 1. The van der Waals surface area contributed by atoms with Gasteiger partial charge in [0.05, 0.1) is 5.52 Å². The quantitative estimate of drug-likeness (QED) is 0.905. The number of hydrogen-bond donors (Lipinski definition) is 2. The highest BCUT2D eigenvalue weighted by molar-refractivity contribution is 5.75. The topological polar surface area (TPSA) is 76.3 Å². The number of carbonyl (C=O) groups is 1. The Hall–Kier alpha value is -2.24. The second kappa shape index (κ2) is 5.63. The molecule has 2 amide bonds. The third kappa shape index (κ3) is 2.94. The fourth-order valence-electron chi connectivity index (χ4n) is 2.77. The van der Waals surface area contributed by atoms with E-state index in [1.165, 1.54) is 17.4 Å². The summed E-state index contributed by atoms with van der Waals surface area (Å²) < 4.78 is 6.53. The zero-order valence-corrected chi connectivity index (χ0v) is 12.0. The van der Waals surface area contributed by atoms with E-state index in [0.29, 0.717) is 18.2 Å². The monoisotopic (exact) mass is 289 g/mol. The molecule has 21 heavy (non-hydrogen) atoms. The smallest absolute Gasteiger partial charge is 0.408 e. The van der Waals surface area contributed by atoms with Crippen molar-refractivity contribution < 1.29 is 9.21 Å². The molecule has 0 atom stereocenters. The molecule has 0 spiro atoms. The van der Waals surface area contributed by atoms with E-state index >= 15 is 0 Å². The van der Waals surface area contributed by atoms with Crippen molar-refractivity contribution in [1.82, 2.24) is 15.2 Å². The van der Waals surface area contributed by atoms with Crippen LogP contribution < -0.4 is 16.4 Å². The Labute approximate surface area is 122 Å². The fourth-order valence-corrected chi connectivity index (χ4v) is 2.77. The lowest BCUT2D eigenvalue weighted by Crippen LogP contribution is -2.40. The number of nitrogens with zero attached hydrogens (tertiary/aromatic N) is 1. The second-order valence-electron chi connectivity index (χ2n) is 5.54. The van der Waals surface area contributed by atoms with Gasteiger partial charge in [0.1, 0.15) is 0 Å². The molecule has 1 saturated carbocycles. The summed E-state index contributed by atoms with van der Waals surface area (Å²) in [6.07, 6.45) is 4.51. The summed E-state index contributed by atoms with van der Waals surface area (Å²) in [6.45, 7) is 0.424. The van der Waals surface area contributed by atoms with Crippen LogP contribution in [-0.2, 0) is 13.6 Å². The minimum atomic E-state index is -0.380. The maximum atomic E-state index is 11.8. The first-order valence-electron chi connectivity index (χ1n) is 7.26. The molecule has 2 N–H and O–H groups in total. The van der Waals surface area contributed by atoms with Gasteiger partial charge in [-0.1, -0.05) is 18.9 Å². The highest BCUT2D eigenvalue weighted by Gasteiger charge is 2.16. The number of nitrogens with one attached hydrogen (secondary N) is 2. The molecule has 1 aromatic carbocycles. The molecule has 0 radical (unpaired) electrons. The molecule has 0 saturated heterocycles. The van der Waals surface area contributed by atoms with Gasteiger partial charge in [0.15, 0.2) is 5.58 Å². The Morgan fingerprint density at radius 3 is 2.90 bits per heavy atom. The summed E-state index contributed by atoms with van der Waals surface area (Å²) in [7, 11) is 1.66. The Morgan fingerprint density at radius 2 is 2.14 bits per heavy atom. The predicted molar refractivity (Wildman–Crippen MR) is 79.1 cm³/mol. The van der Waals surface area contributed by atoms with Gasteiger partial charge in [-0.3, -0.25) is 4.57 Å². The van der Waals surface area contributed by atoms with Gasteiger partial charge in [0.25, 0.3) is 0 Å². The largest absolute Gasteiger partial charge is 0.419 e. The lowest BCUT2D eigenvalue weighted by molar-refractivity contribution is 0.236. The number of oxazole rings is 1. The molecule has 3 rings (SSSR count). The summed E-state index contributed by atoms with van der Waals surface area (Å²) >= 11 is 0. The van der Waals surface area contributed by atoms with Gasteiger partial charge >= 0.3 is 11.8 Å². The van der Waals surface area contributed by atoms with Gasteiger partial charge in [-0.25, -0.2) is 9.59 Å². The van der Waals surface area contributed by atoms with Crippen LogP contribution in [0.4, 0.5) is 4.79 Å². The Bertz CT molecular complexity index is 711. The van der Waals surface area contributed by atoms with Crippen LogP contribution >= 0.6 is 0 Å². The van der Waals surface area contributed by atoms with Crippen molar-refractivity contribution in [3.63, 3.8) is 0 Å². The second-order valence-corrected chi connectivity index (χ2v) is 5.54. The highest BCUT2D eigenvalue weighted by Crippen LogP contribution is 2.17. The molecular weight excluding hydrogens is 270 g/mol. The predicted octanol–water partition coefficient (Wildman–Crippen LogP) is 1.87. The van der Waals surface area contributed by atoms with Crippen LogP contribution in [0, 0.1) is 0 Å². The Kier molecular flexibility index (Phi) is 3.68. The van der Waals surface area contributed by atoms with Crippen molar-refractivity contribution in [1.29, 1.82) is 0 Å². The summed E-state index contributed by atoms with van der Waals surface area (Å²) in [5, 5.41) is 5.83. The van der Waals surface area contributed by atoms with E-state index in [-0.39, 0.29) is 11.8 Å². The minimum absolute atomic E-state index is 0.136. The molecule has 1 fully saturated rings. The lowest BCUT2D eigenvalue weighted by atomic mass is 10.2. The number of aryl methyl sites for hydroxylation is 1. The first-order valence-corrected chi connectivity index (χ1v) is 7.26. The average molecular weight is 289 g/mol. The summed E-state index contributed by atoms with van der Waals surface area (Å²) in [6, 6.07) is 5.63. The number of rotatable bonds is 3. The van der Waals surface area contributed by atoms with Gasteiger partial charge in [0.2, 0.25) is 0 Å². The SMILES string of the molecule is Cn1c(=O)oc2ccc(CNC(=O)NC3CCCC3)cc21. The van der Waals surface area contributed by atoms with E-state index < -0.39 is 0 Å². The maximum Gasteiger partial charge on any atom is 0.419 e. The van der Waals surface area contributed by atoms with E-state index in [9.17, 15) is 9.59 Å². The number of benzene rings is 1. The fraction of sp³-hybridized carbons (Fsp3) is 0.467. The molecule has 6 nitrogen and oxygen atoms in total. The zero-order chi connectivity index (χ0) is 14.8. The molecule has 1 aliphatic carbocycles. The third-order valence-electron chi connectivity index (χ3n) is 4.00. The molecule has 1 heterocycles. The van der Waals surface area contributed by atoms with Crippen LogP contribution in [0.5, 0.6) is 0 Å². The summed E-state index contributed by atoms with van der Waals surface area (Å²) in [5.74, 6) is -0.380. The van der Waals surface area contributed by atoms with Crippen molar-refractivity contribution >= 4 is 17.1 Å². The number of amides is 2. The standard InChI is InChI=1S/C15H19N3O3/c1-18-12-8-10(6-7-13(12)21-15(18)20)9-16-14(19)17-11-4-2-3-5-11/h6-8,11H,2-5,9H2,1H3,(H2,16,17,19). The van der Waals surface area contributed by atoms with Gasteiger partial charge < -0.3 is 15.1 Å². The Morgan fingerprint density at radius 1 is 1.38 bits per heavy atom. The number of aromatic nitrogens is 1. The van der Waals surface area contributed by atoms with Crippen LogP contribution in [0.25, 0.3) is 11.1 Å². The van der Waals surface area contributed by atoms with Gasteiger partial charge in [-0.15, -0.1) is 0 Å². The van der Waals surface area contributed by atoms with Crippen LogP contribution in [0.3, 0.4) is 0 Å². The molecule has 0 aliphatic heterocycles. The van der Waals surface area contributed by atoms with Crippen LogP contribution in [0.15, 0.2) is 27.4 Å². The Balaban J connectivity index is 1.63. The van der Waals surface area contributed by atoms with Crippen LogP contribution in [-0.4, -0.2) is 16.6 Å². The highest BCUT2D eigenvalue weighted by atomic mass is 16.4. The first kappa shape index (κ1) is 13.7. The van der Waals surface area contributed by atoms with E-state index in [0.717, 1.165) is 23.9 Å². The first-order chi connectivity index (χ1) is 10.1. The molecule has 112 valence electrons. The summed E-state index contributed by atoms with van der Waals surface area (Å²) in [5.41, 5.74) is 2.22. The maximum absolute atomic E-state index is 11.8. The normalized spacial score (nSPS) is 15.5. The van der Waals surface area contributed by atoms with Crippen molar-refractivity contribution in [3.05, 3.63) is 34.3 Å². The van der Waals surface area contributed by atoms with Crippen molar-refractivity contribution in [2.45, 2.75) is 38.3 Å². The van der Waals surface area contributed by atoms with Gasteiger partial charge in [-0.2, -0.15) is 0 Å². The molecule has 1 aromatic heterocycles. The number of hydrogen-bond acceptors (Lipinski definition) is 3. The van der Waals surface area contributed by atoms with Gasteiger partial charge in [-0.05, 0) is 30.5 Å². The lowest BCUT2D eigenvalue weighted by Gasteiger charge is -2.13. The molecule has 2 aromatic rings. The van der Waals surface area contributed by atoms with E-state index in [1.54, 1.807) is 13.1 Å². The number of carbonyl (C=O) groups excluding carboxylic acids is 1. The van der Waals surface area contributed by atoms with Crippen molar-refractivity contribution in [2.24, 2.45) is 7.05 Å². The molecule has 1 aliphatic rings. The zero-order valence-electron chi connectivity index (χ0n) is 12.0. The molecule has 0 bridgehead atoms. The molecule has 0 unspecified atom stereocenters.